The predicted octanol–water partition coefficient (Wildman–Crippen LogP) is 1.84. The predicted molar refractivity (Wildman–Crippen MR) is 71.7 cm³/mol. The van der Waals surface area contributed by atoms with Crippen molar-refractivity contribution in [2.75, 3.05) is 6.61 Å². The van der Waals surface area contributed by atoms with Crippen LogP contribution >= 0.6 is 0 Å². The summed E-state index contributed by atoms with van der Waals surface area (Å²) >= 11 is 0. The van der Waals surface area contributed by atoms with Crippen LogP contribution in [0.15, 0.2) is 12.1 Å². The molecule has 2 unspecified atom stereocenters. The summed E-state index contributed by atoms with van der Waals surface area (Å²) in [6.45, 7) is 1.67. The second-order valence-corrected chi connectivity index (χ2v) is 5.17. The number of rotatable bonds is 4. The minimum atomic E-state index is -1.93. The summed E-state index contributed by atoms with van der Waals surface area (Å²) < 4.78 is 32.2. The van der Waals surface area contributed by atoms with E-state index >= 15 is 0 Å². The first-order valence-corrected chi connectivity index (χ1v) is 6.84. The third kappa shape index (κ3) is 2.68. The molecule has 0 saturated carbocycles. The number of hydrogen-bond donors (Lipinski definition) is 1. The monoisotopic (exact) mass is 297 g/mol. The van der Waals surface area contributed by atoms with E-state index in [1.54, 1.807) is 6.92 Å². The average Bonchev–Trinajstić information content (AvgIpc) is 2.46. The van der Waals surface area contributed by atoms with Crippen LogP contribution in [0, 0.1) is 11.6 Å². The van der Waals surface area contributed by atoms with Crippen LogP contribution in [-0.2, 0) is 20.7 Å². The lowest BCUT2D eigenvalue weighted by atomic mass is 9.72. The van der Waals surface area contributed by atoms with Gasteiger partial charge in [0.15, 0.2) is 11.8 Å². The summed E-state index contributed by atoms with van der Waals surface area (Å²) in [7, 11) is 0. The Morgan fingerprint density at radius 1 is 1.52 bits per heavy atom. The Morgan fingerprint density at radius 3 is 2.86 bits per heavy atom. The van der Waals surface area contributed by atoms with Crippen molar-refractivity contribution in [2.45, 2.75) is 37.6 Å². The average molecular weight is 297 g/mol. The lowest BCUT2D eigenvalue weighted by Crippen LogP contribution is -2.56. The molecular weight excluding hydrogens is 280 g/mol. The van der Waals surface area contributed by atoms with Gasteiger partial charge >= 0.3 is 5.97 Å². The fourth-order valence-electron chi connectivity index (χ4n) is 2.86. The number of nitrogens with two attached hydrogens (primary N) is 1. The molecule has 2 atom stereocenters. The number of esters is 1. The molecule has 1 aromatic rings. The van der Waals surface area contributed by atoms with Crippen molar-refractivity contribution in [1.82, 2.24) is 0 Å². The van der Waals surface area contributed by atoms with Crippen molar-refractivity contribution in [3.8, 4) is 0 Å². The second-order valence-electron chi connectivity index (χ2n) is 5.17. The van der Waals surface area contributed by atoms with E-state index in [1.165, 1.54) is 0 Å². The maximum atomic E-state index is 13.9. The van der Waals surface area contributed by atoms with Crippen LogP contribution in [0.1, 0.15) is 36.8 Å². The van der Waals surface area contributed by atoms with Gasteiger partial charge in [0.25, 0.3) is 0 Å². The lowest BCUT2D eigenvalue weighted by Gasteiger charge is -2.35. The van der Waals surface area contributed by atoms with Gasteiger partial charge < -0.3 is 15.3 Å². The summed E-state index contributed by atoms with van der Waals surface area (Å²) in [5.41, 5.74) is 4.60. The molecule has 0 radical (unpaired) electrons. The smallest absolute Gasteiger partial charge is 0.334 e. The fraction of sp³-hybridized carbons (Fsp3) is 0.467. The Hall–Kier alpha value is -1.82. The van der Waals surface area contributed by atoms with E-state index in [-0.39, 0.29) is 12.2 Å². The second kappa shape index (κ2) is 5.89. The highest BCUT2D eigenvalue weighted by atomic mass is 19.1. The van der Waals surface area contributed by atoms with E-state index in [0.717, 1.165) is 12.1 Å². The van der Waals surface area contributed by atoms with Gasteiger partial charge in [-0.3, -0.25) is 0 Å². The molecule has 0 amide bonds. The van der Waals surface area contributed by atoms with E-state index in [0.29, 0.717) is 31.1 Å². The summed E-state index contributed by atoms with van der Waals surface area (Å²) in [4.78, 5) is 23.4. The maximum absolute atomic E-state index is 13.9. The number of carbonyl (C=O) groups is 2. The lowest BCUT2D eigenvalue weighted by molar-refractivity contribution is -0.152. The van der Waals surface area contributed by atoms with Crippen LogP contribution in [0.2, 0.25) is 0 Å². The van der Waals surface area contributed by atoms with E-state index in [2.05, 4.69) is 0 Å². The van der Waals surface area contributed by atoms with Crippen LogP contribution in [0.3, 0.4) is 0 Å². The standard InChI is InChI=1S/C15H17F2NO3/c1-2-21-14(20)15(18,8-19)12-5-3-4-10-11(12)6-9(16)7-13(10)17/h6-8,12H,2-5,18H2,1H3. The normalized spacial score (nSPS) is 20.3. The molecule has 6 heteroatoms. The van der Waals surface area contributed by atoms with Gasteiger partial charge in [-0.25, -0.2) is 13.6 Å². The molecule has 0 saturated heterocycles. The summed E-state index contributed by atoms with van der Waals surface area (Å²) in [6.07, 6.45) is 1.69. The van der Waals surface area contributed by atoms with Crippen LogP contribution in [0.25, 0.3) is 0 Å². The molecule has 0 aromatic heterocycles. The molecular formula is C15H17F2NO3. The van der Waals surface area contributed by atoms with Crippen molar-refractivity contribution in [1.29, 1.82) is 0 Å². The molecule has 114 valence electrons. The third-order valence-electron chi connectivity index (χ3n) is 3.89. The van der Waals surface area contributed by atoms with Crippen LogP contribution in [0.4, 0.5) is 8.78 Å². The molecule has 0 aliphatic heterocycles. The Balaban J connectivity index is 2.51. The molecule has 1 aromatic carbocycles. The van der Waals surface area contributed by atoms with Gasteiger partial charge in [-0.05, 0) is 43.4 Å². The molecule has 2 rings (SSSR count). The SMILES string of the molecule is CCOC(=O)C(N)(C=O)C1CCCc2c(F)cc(F)cc21. The van der Waals surface area contributed by atoms with Gasteiger partial charge in [0, 0.05) is 12.0 Å². The summed E-state index contributed by atoms with van der Waals surface area (Å²) in [5, 5.41) is 0. The number of carbonyl (C=O) groups excluding carboxylic acids is 2. The zero-order valence-corrected chi connectivity index (χ0v) is 11.7. The van der Waals surface area contributed by atoms with Crippen molar-refractivity contribution < 1.29 is 23.1 Å². The number of hydrogen-bond acceptors (Lipinski definition) is 4. The highest BCUT2D eigenvalue weighted by molar-refractivity contribution is 5.99. The molecule has 0 spiro atoms. The first-order valence-electron chi connectivity index (χ1n) is 6.84. The number of fused-ring (bicyclic) bond motifs is 1. The van der Waals surface area contributed by atoms with Gasteiger partial charge in [0.1, 0.15) is 11.6 Å². The quantitative estimate of drug-likeness (QED) is 0.523. The van der Waals surface area contributed by atoms with Gasteiger partial charge in [0.2, 0.25) is 0 Å². The summed E-state index contributed by atoms with van der Waals surface area (Å²) in [6, 6.07) is 1.94. The van der Waals surface area contributed by atoms with Crippen molar-refractivity contribution in [3.05, 3.63) is 34.9 Å². The topological polar surface area (TPSA) is 69.4 Å². The van der Waals surface area contributed by atoms with E-state index < -0.39 is 29.1 Å². The molecule has 0 heterocycles. The van der Waals surface area contributed by atoms with E-state index in [4.69, 9.17) is 10.5 Å². The first-order chi connectivity index (χ1) is 9.93. The largest absolute Gasteiger partial charge is 0.464 e. The molecule has 4 nitrogen and oxygen atoms in total. The van der Waals surface area contributed by atoms with Crippen molar-refractivity contribution in [2.24, 2.45) is 5.73 Å². The molecule has 21 heavy (non-hydrogen) atoms. The van der Waals surface area contributed by atoms with Crippen molar-refractivity contribution in [3.63, 3.8) is 0 Å². The Bertz CT molecular complexity index is 576. The zero-order chi connectivity index (χ0) is 15.6. The highest BCUT2D eigenvalue weighted by Gasteiger charge is 2.46. The molecule has 0 fully saturated rings. The molecule has 0 bridgehead atoms. The Labute approximate surface area is 121 Å². The summed E-state index contributed by atoms with van der Waals surface area (Å²) in [5.74, 6) is -3.09. The molecule has 1 aliphatic carbocycles. The van der Waals surface area contributed by atoms with E-state index in [9.17, 15) is 18.4 Å². The number of benzene rings is 1. The third-order valence-corrected chi connectivity index (χ3v) is 3.89. The van der Waals surface area contributed by atoms with Gasteiger partial charge in [-0.15, -0.1) is 0 Å². The first kappa shape index (κ1) is 15.6. The molecule has 2 N–H and O–H groups in total. The van der Waals surface area contributed by atoms with Crippen LogP contribution < -0.4 is 5.73 Å². The highest BCUT2D eigenvalue weighted by Crippen LogP contribution is 2.39. The van der Waals surface area contributed by atoms with Crippen molar-refractivity contribution >= 4 is 12.3 Å². The van der Waals surface area contributed by atoms with Gasteiger partial charge in [-0.2, -0.15) is 0 Å². The Kier molecular flexibility index (Phi) is 4.37. The fourth-order valence-corrected chi connectivity index (χ4v) is 2.86. The van der Waals surface area contributed by atoms with Crippen LogP contribution in [0.5, 0.6) is 0 Å². The minimum absolute atomic E-state index is 0.0721. The number of ether oxygens (including phenoxy) is 1. The zero-order valence-electron chi connectivity index (χ0n) is 11.7. The van der Waals surface area contributed by atoms with Gasteiger partial charge in [0.05, 0.1) is 6.61 Å². The minimum Gasteiger partial charge on any atom is -0.464 e. The number of aldehydes is 1. The van der Waals surface area contributed by atoms with E-state index in [1.807, 2.05) is 0 Å². The maximum Gasteiger partial charge on any atom is 0.334 e. The van der Waals surface area contributed by atoms with Gasteiger partial charge in [-0.1, -0.05) is 0 Å². The molecule has 1 aliphatic rings. The Morgan fingerprint density at radius 2 is 2.24 bits per heavy atom. The number of halogens is 2. The van der Waals surface area contributed by atoms with Crippen LogP contribution in [-0.4, -0.2) is 24.4 Å².